The van der Waals surface area contributed by atoms with Crippen LogP contribution in [0.3, 0.4) is 0 Å². The molecule has 86 valence electrons. The van der Waals surface area contributed by atoms with Gasteiger partial charge in [0.1, 0.15) is 0 Å². The van der Waals surface area contributed by atoms with Crippen molar-refractivity contribution in [2.75, 3.05) is 5.75 Å². The maximum atomic E-state index is 11.3. The second kappa shape index (κ2) is 3.81. The summed E-state index contributed by atoms with van der Waals surface area (Å²) in [5.74, 6) is 0.752. The Labute approximate surface area is 100 Å². The smallest absolute Gasteiger partial charge is 0.313 e. The number of thioether (sulfide) groups is 1. The third-order valence-electron chi connectivity index (χ3n) is 3.26. The maximum Gasteiger partial charge on any atom is 0.313 e. The summed E-state index contributed by atoms with van der Waals surface area (Å²) in [6.07, 6.45) is 0. The van der Waals surface area contributed by atoms with Crippen LogP contribution in [0.2, 0.25) is 0 Å². The summed E-state index contributed by atoms with van der Waals surface area (Å²) in [6, 6.07) is 6.00. The van der Waals surface area contributed by atoms with Gasteiger partial charge in [-0.2, -0.15) is 0 Å². The lowest BCUT2D eigenvalue weighted by Gasteiger charge is -2.24. The molecule has 0 saturated heterocycles. The minimum Gasteiger partial charge on any atom is -0.481 e. The Morgan fingerprint density at radius 2 is 2.19 bits per heavy atom. The first-order valence-electron chi connectivity index (χ1n) is 5.44. The molecule has 1 aromatic carbocycles. The number of fused-ring (bicyclic) bond motifs is 1. The number of carboxylic acids is 1. The van der Waals surface area contributed by atoms with Crippen molar-refractivity contribution >= 4 is 17.7 Å². The van der Waals surface area contributed by atoms with Crippen LogP contribution in [-0.4, -0.2) is 16.8 Å². The van der Waals surface area contributed by atoms with Gasteiger partial charge in [-0.3, -0.25) is 4.79 Å². The van der Waals surface area contributed by atoms with Gasteiger partial charge < -0.3 is 5.11 Å². The molecule has 1 atom stereocenters. The van der Waals surface area contributed by atoms with Gasteiger partial charge in [0.15, 0.2) is 0 Å². The highest BCUT2D eigenvalue weighted by Gasteiger charge is 2.35. The van der Waals surface area contributed by atoms with Crippen molar-refractivity contribution in [1.29, 1.82) is 0 Å². The second-order valence-electron chi connectivity index (χ2n) is 4.86. The molecule has 0 radical (unpaired) electrons. The van der Waals surface area contributed by atoms with E-state index in [-0.39, 0.29) is 0 Å². The number of benzene rings is 1. The van der Waals surface area contributed by atoms with Gasteiger partial charge in [0.2, 0.25) is 0 Å². The number of aliphatic carboxylic acids is 1. The molecule has 2 rings (SSSR count). The van der Waals surface area contributed by atoms with Crippen molar-refractivity contribution in [3.05, 3.63) is 29.3 Å². The number of carbonyl (C=O) groups is 1. The molecule has 0 saturated carbocycles. The van der Waals surface area contributed by atoms with E-state index in [9.17, 15) is 9.90 Å². The highest BCUT2D eigenvalue weighted by atomic mass is 32.2. The van der Waals surface area contributed by atoms with Crippen molar-refractivity contribution in [2.45, 2.75) is 37.0 Å². The fraction of sp³-hybridized carbons (Fsp3) is 0.462. The van der Waals surface area contributed by atoms with E-state index in [0.717, 1.165) is 11.3 Å². The fourth-order valence-electron chi connectivity index (χ4n) is 2.14. The van der Waals surface area contributed by atoms with Crippen LogP contribution in [-0.2, 0) is 10.2 Å². The molecule has 0 bridgehead atoms. The lowest BCUT2D eigenvalue weighted by Crippen LogP contribution is -2.30. The molecule has 1 aromatic rings. The lowest BCUT2D eigenvalue weighted by molar-refractivity contribution is -0.142. The quantitative estimate of drug-likeness (QED) is 0.856. The topological polar surface area (TPSA) is 37.3 Å². The molecule has 0 spiro atoms. The van der Waals surface area contributed by atoms with Crippen molar-refractivity contribution < 1.29 is 9.90 Å². The molecule has 1 aliphatic rings. The molecule has 1 aliphatic heterocycles. The summed E-state index contributed by atoms with van der Waals surface area (Å²) >= 11 is 1.83. The van der Waals surface area contributed by atoms with Gasteiger partial charge in [-0.25, -0.2) is 0 Å². The molecule has 1 N–H and O–H groups in total. The van der Waals surface area contributed by atoms with E-state index in [1.54, 1.807) is 13.8 Å². The summed E-state index contributed by atoms with van der Waals surface area (Å²) in [4.78, 5) is 12.6. The Morgan fingerprint density at radius 1 is 1.50 bits per heavy atom. The normalized spacial score (nSPS) is 19.6. The Bertz CT molecular complexity index is 438. The van der Waals surface area contributed by atoms with Crippen LogP contribution in [0.4, 0.5) is 0 Å². The third-order valence-corrected chi connectivity index (χ3v) is 4.59. The van der Waals surface area contributed by atoms with Gasteiger partial charge in [-0.1, -0.05) is 19.1 Å². The molecular weight excluding hydrogens is 220 g/mol. The first-order valence-corrected chi connectivity index (χ1v) is 6.42. The van der Waals surface area contributed by atoms with Gasteiger partial charge in [0.25, 0.3) is 0 Å². The first kappa shape index (κ1) is 11.5. The molecule has 0 aliphatic carbocycles. The average molecular weight is 236 g/mol. The zero-order valence-corrected chi connectivity index (χ0v) is 10.6. The maximum absolute atomic E-state index is 11.3. The van der Waals surface area contributed by atoms with E-state index >= 15 is 0 Å². The second-order valence-corrected chi connectivity index (χ2v) is 5.92. The number of hydrogen-bond donors (Lipinski definition) is 1. The zero-order valence-electron chi connectivity index (χ0n) is 9.78. The van der Waals surface area contributed by atoms with Crippen LogP contribution >= 0.6 is 11.8 Å². The SMILES string of the molecule is CC1CSc2cccc(C(C)(C)C(=O)O)c21. The summed E-state index contributed by atoms with van der Waals surface area (Å²) in [5.41, 5.74) is 1.40. The van der Waals surface area contributed by atoms with Crippen molar-refractivity contribution in [1.82, 2.24) is 0 Å². The molecular formula is C13H16O2S. The highest BCUT2D eigenvalue weighted by Crippen LogP contribution is 2.44. The van der Waals surface area contributed by atoms with E-state index in [1.807, 2.05) is 23.9 Å². The molecule has 0 amide bonds. The summed E-state index contributed by atoms with van der Waals surface area (Å²) in [6.45, 7) is 5.72. The van der Waals surface area contributed by atoms with E-state index in [2.05, 4.69) is 13.0 Å². The minimum absolute atomic E-state index is 0.454. The molecule has 2 nitrogen and oxygen atoms in total. The molecule has 16 heavy (non-hydrogen) atoms. The lowest BCUT2D eigenvalue weighted by atomic mass is 9.79. The Balaban J connectivity index is 2.59. The summed E-state index contributed by atoms with van der Waals surface area (Å²) in [7, 11) is 0. The van der Waals surface area contributed by atoms with Gasteiger partial charge in [-0.15, -0.1) is 11.8 Å². The molecule has 1 heterocycles. The molecule has 1 unspecified atom stereocenters. The first-order chi connectivity index (χ1) is 7.44. The van der Waals surface area contributed by atoms with Crippen molar-refractivity contribution in [2.24, 2.45) is 0 Å². The van der Waals surface area contributed by atoms with Crippen molar-refractivity contribution in [3.63, 3.8) is 0 Å². The Hall–Kier alpha value is -0.960. The van der Waals surface area contributed by atoms with E-state index in [0.29, 0.717) is 5.92 Å². The predicted molar refractivity (Wildman–Crippen MR) is 66.2 cm³/mol. The number of rotatable bonds is 2. The summed E-state index contributed by atoms with van der Waals surface area (Å²) < 4.78 is 0. The van der Waals surface area contributed by atoms with Gasteiger partial charge >= 0.3 is 5.97 Å². The standard InChI is InChI=1S/C13H16O2S/c1-8-7-16-10-6-4-5-9(11(8)10)13(2,3)12(14)15/h4-6,8H,7H2,1-3H3,(H,14,15). The van der Waals surface area contributed by atoms with Crippen LogP contribution in [0.1, 0.15) is 37.8 Å². The molecule has 0 aromatic heterocycles. The van der Waals surface area contributed by atoms with Crippen molar-refractivity contribution in [3.8, 4) is 0 Å². The van der Waals surface area contributed by atoms with E-state index in [4.69, 9.17) is 0 Å². The zero-order chi connectivity index (χ0) is 11.9. The van der Waals surface area contributed by atoms with E-state index < -0.39 is 11.4 Å². The van der Waals surface area contributed by atoms with Gasteiger partial charge in [-0.05, 0) is 37.0 Å². The Kier molecular flexibility index (Phi) is 2.74. The highest BCUT2D eigenvalue weighted by molar-refractivity contribution is 7.99. The summed E-state index contributed by atoms with van der Waals surface area (Å²) in [5, 5.41) is 9.31. The van der Waals surface area contributed by atoms with Crippen LogP contribution < -0.4 is 0 Å². The molecule has 3 heteroatoms. The van der Waals surface area contributed by atoms with Gasteiger partial charge in [0.05, 0.1) is 5.41 Å². The predicted octanol–water partition coefficient (Wildman–Crippen LogP) is 3.26. The molecule has 0 fully saturated rings. The number of hydrogen-bond acceptors (Lipinski definition) is 2. The minimum atomic E-state index is -0.801. The monoisotopic (exact) mass is 236 g/mol. The van der Waals surface area contributed by atoms with Crippen LogP contribution in [0.15, 0.2) is 23.1 Å². The van der Waals surface area contributed by atoms with Crippen LogP contribution in [0.5, 0.6) is 0 Å². The Morgan fingerprint density at radius 3 is 2.81 bits per heavy atom. The average Bonchev–Trinajstić information content (AvgIpc) is 2.60. The third kappa shape index (κ3) is 1.63. The van der Waals surface area contributed by atoms with E-state index in [1.165, 1.54) is 10.5 Å². The largest absolute Gasteiger partial charge is 0.481 e. The fourth-order valence-corrected chi connectivity index (χ4v) is 3.37. The van der Waals surface area contributed by atoms with Crippen LogP contribution in [0.25, 0.3) is 0 Å². The van der Waals surface area contributed by atoms with Crippen LogP contribution in [0, 0.1) is 0 Å². The number of carboxylic acid groups (broad SMARTS) is 1. The van der Waals surface area contributed by atoms with Gasteiger partial charge in [0, 0.05) is 10.6 Å².